The molecular weight excluding hydrogens is 414 g/mol. The molecule has 3 N–H and O–H groups in total. The molecule has 2 aromatic rings. The van der Waals surface area contributed by atoms with E-state index in [1.165, 1.54) is 5.56 Å². The van der Waals surface area contributed by atoms with Gasteiger partial charge in [-0.3, -0.25) is 25.2 Å². The third-order valence-corrected chi connectivity index (χ3v) is 5.37. The Bertz CT molecular complexity index is 926. The van der Waals surface area contributed by atoms with Gasteiger partial charge in [0.05, 0.1) is 5.92 Å². The van der Waals surface area contributed by atoms with Gasteiger partial charge < -0.3 is 5.32 Å². The summed E-state index contributed by atoms with van der Waals surface area (Å²) in [6, 6.07) is 13.2. The highest BCUT2D eigenvalue weighted by Gasteiger charge is 2.16. The van der Waals surface area contributed by atoms with E-state index in [4.69, 9.17) is 11.6 Å². The Morgan fingerprint density at radius 3 is 2.19 bits per heavy atom. The van der Waals surface area contributed by atoms with Crippen molar-refractivity contribution < 1.29 is 14.4 Å². The normalized spacial score (nSPS) is 11.7. The number of rotatable bonds is 8. The average Bonchev–Trinajstić information content (AvgIpc) is 2.73. The first kappa shape index (κ1) is 24.4. The fourth-order valence-electron chi connectivity index (χ4n) is 3.05. The molecule has 166 valence electrons. The van der Waals surface area contributed by atoms with E-state index in [0.29, 0.717) is 16.6 Å². The van der Waals surface area contributed by atoms with Crippen LogP contribution in [0.15, 0.2) is 42.5 Å². The van der Waals surface area contributed by atoms with Crippen molar-refractivity contribution in [3.8, 4) is 0 Å². The number of hydrogen-bond acceptors (Lipinski definition) is 3. The zero-order valence-electron chi connectivity index (χ0n) is 18.4. The Hall–Kier alpha value is -2.86. The van der Waals surface area contributed by atoms with Crippen molar-refractivity contribution in [1.82, 2.24) is 10.9 Å². The SMILES string of the molecule is Cc1c(Cl)cccc1NC(=O)CCC(=O)NNC(=O)C(C)c1ccc(CC(C)C)cc1. The number of anilines is 1. The summed E-state index contributed by atoms with van der Waals surface area (Å²) in [5.74, 6) is -0.905. The highest BCUT2D eigenvalue weighted by atomic mass is 35.5. The van der Waals surface area contributed by atoms with Crippen LogP contribution in [0.5, 0.6) is 0 Å². The first-order valence-corrected chi connectivity index (χ1v) is 10.8. The molecule has 0 aliphatic rings. The lowest BCUT2D eigenvalue weighted by Crippen LogP contribution is -2.43. The molecule has 0 radical (unpaired) electrons. The Kier molecular flexibility index (Phi) is 9.06. The predicted molar refractivity (Wildman–Crippen MR) is 124 cm³/mol. The van der Waals surface area contributed by atoms with Gasteiger partial charge in [-0.15, -0.1) is 0 Å². The largest absolute Gasteiger partial charge is 0.326 e. The molecule has 0 bridgehead atoms. The molecule has 0 spiro atoms. The van der Waals surface area contributed by atoms with Crippen LogP contribution in [-0.2, 0) is 20.8 Å². The van der Waals surface area contributed by atoms with Gasteiger partial charge in [0, 0.05) is 23.6 Å². The molecule has 0 aliphatic carbocycles. The second-order valence-electron chi connectivity index (χ2n) is 8.06. The van der Waals surface area contributed by atoms with Gasteiger partial charge in [-0.2, -0.15) is 0 Å². The molecule has 6 nitrogen and oxygen atoms in total. The molecule has 1 atom stereocenters. The number of halogens is 1. The quantitative estimate of drug-likeness (QED) is 0.524. The number of hydrogen-bond donors (Lipinski definition) is 3. The lowest BCUT2D eigenvalue weighted by Gasteiger charge is -2.14. The summed E-state index contributed by atoms with van der Waals surface area (Å²) in [4.78, 5) is 36.4. The van der Waals surface area contributed by atoms with Crippen LogP contribution in [0.3, 0.4) is 0 Å². The van der Waals surface area contributed by atoms with Crippen molar-refractivity contribution in [1.29, 1.82) is 0 Å². The van der Waals surface area contributed by atoms with E-state index in [2.05, 4.69) is 30.0 Å². The van der Waals surface area contributed by atoms with Gasteiger partial charge >= 0.3 is 0 Å². The summed E-state index contributed by atoms with van der Waals surface area (Å²) >= 11 is 6.04. The van der Waals surface area contributed by atoms with Gasteiger partial charge in [0.1, 0.15) is 0 Å². The zero-order valence-corrected chi connectivity index (χ0v) is 19.2. The van der Waals surface area contributed by atoms with E-state index >= 15 is 0 Å². The minimum absolute atomic E-state index is 0.0134. The van der Waals surface area contributed by atoms with Crippen LogP contribution in [0.4, 0.5) is 5.69 Å². The molecule has 0 aromatic heterocycles. The molecule has 2 rings (SSSR count). The van der Waals surface area contributed by atoms with Gasteiger partial charge in [-0.1, -0.05) is 55.8 Å². The molecule has 0 aliphatic heterocycles. The fraction of sp³-hybridized carbons (Fsp3) is 0.375. The van der Waals surface area contributed by atoms with Gasteiger partial charge in [-0.05, 0) is 55.0 Å². The van der Waals surface area contributed by atoms with Gasteiger partial charge in [0.2, 0.25) is 17.7 Å². The standard InChI is InChI=1S/C24H30ClN3O3/c1-15(2)14-18-8-10-19(11-9-18)16(3)24(31)28-27-23(30)13-12-22(29)26-21-7-5-6-20(25)17(21)4/h5-11,15-16H,12-14H2,1-4H3,(H,26,29)(H,27,30)(H,28,31). The van der Waals surface area contributed by atoms with E-state index in [0.717, 1.165) is 17.5 Å². The van der Waals surface area contributed by atoms with E-state index in [1.807, 2.05) is 24.3 Å². The van der Waals surface area contributed by atoms with Crippen LogP contribution < -0.4 is 16.2 Å². The molecule has 31 heavy (non-hydrogen) atoms. The topological polar surface area (TPSA) is 87.3 Å². The van der Waals surface area contributed by atoms with Crippen molar-refractivity contribution in [3.05, 3.63) is 64.2 Å². The van der Waals surface area contributed by atoms with Crippen LogP contribution in [-0.4, -0.2) is 17.7 Å². The van der Waals surface area contributed by atoms with Crippen LogP contribution in [0.25, 0.3) is 0 Å². The lowest BCUT2D eigenvalue weighted by atomic mass is 9.96. The van der Waals surface area contributed by atoms with Gasteiger partial charge in [-0.25, -0.2) is 0 Å². The molecule has 7 heteroatoms. The minimum atomic E-state index is -0.439. The number of carbonyl (C=O) groups excluding carboxylic acids is 3. The van der Waals surface area contributed by atoms with Crippen LogP contribution in [0.2, 0.25) is 5.02 Å². The smallest absolute Gasteiger partial charge is 0.245 e. The third-order valence-electron chi connectivity index (χ3n) is 4.96. The van der Waals surface area contributed by atoms with E-state index in [-0.39, 0.29) is 24.7 Å². The van der Waals surface area contributed by atoms with Gasteiger partial charge in [0.25, 0.3) is 0 Å². The van der Waals surface area contributed by atoms with E-state index in [9.17, 15) is 14.4 Å². The number of nitrogens with one attached hydrogen (secondary N) is 3. The first-order valence-electron chi connectivity index (χ1n) is 10.4. The van der Waals surface area contributed by atoms with Crippen LogP contribution in [0, 0.1) is 12.8 Å². The van der Waals surface area contributed by atoms with Crippen molar-refractivity contribution in [2.75, 3.05) is 5.32 Å². The third kappa shape index (κ3) is 7.72. The summed E-state index contributed by atoms with van der Waals surface area (Å²) < 4.78 is 0. The summed E-state index contributed by atoms with van der Waals surface area (Å²) in [5.41, 5.74) is 8.27. The van der Waals surface area contributed by atoms with E-state index in [1.54, 1.807) is 32.0 Å². The molecule has 2 aromatic carbocycles. The second kappa shape index (κ2) is 11.5. The Morgan fingerprint density at radius 2 is 1.55 bits per heavy atom. The van der Waals surface area contributed by atoms with Crippen LogP contribution >= 0.6 is 11.6 Å². The van der Waals surface area contributed by atoms with Crippen molar-refractivity contribution >= 4 is 35.0 Å². The Labute approximate surface area is 188 Å². The zero-order chi connectivity index (χ0) is 23.0. The first-order chi connectivity index (χ1) is 14.7. The van der Waals surface area contributed by atoms with Crippen LogP contribution in [0.1, 0.15) is 56.2 Å². The maximum Gasteiger partial charge on any atom is 0.245 e. The summed E-state index contributed by atoms with van der Waals surface area (Å²) in [5, 5.41) is 3.29. The van der Waals surface area contributed by atoms with Crippen molar-refractivity contribution in [2.45, 2.75) is 52.9 Å². The maximum absolute atomic E-state index is 12.3. The Morgan fingerprint density at radius 1 is 0.903 bits per heavy atom. The number of benzene rings is 2. The molecule has 0 heterocycles. The van der Waals surface area contributed by atoms with Gasteiger partial charge in [0.15, 0.2) is 0 Å². The fourth-order valence-corrected chi connectivity index (χ4v) is 3.22. The summed E-state index contributed by atoms with van der Waals surface area (Å²) in [6.45, 7) is 7.90. The average molecular weight is 444 g/mol. The summed E-state index contributed by atoms with van der Waals surface area (Å²) in [7, 11) is 0. The molecular formula is C24H30ClN3O3. The predicted octanol–water partition coefficient (Wildman–Crippen LogP) is 4.52. The monoisotopic (exact) mass is 443 g/mol. The minimum Gasteiger partial charge on any atom is -0.326 e. The lowest BCUT2D eigenvalue weighted by molar-refractivity contribution is -0.130. The molecule has 0 saturated heterocycles. The van der Waals surface area contributed by atoms with E-state index < -0.39 is 11.8 Å². The second-order valence-corrected chi connectivity index (χ2v) is 8.47. The number of hydrazine groups is 1. The number of amides is 3. The highest BCUT2D eigenvalue weighted by molar-refractivity contribution is 6.31. The highest BCUT2D eigenvalue weighted by Crippen LogP contribution is 2.23. The molecule has 0 saturated carbocycles. The Balaban J connectivity index is 1.76. The molecule has 1 unspecified atom stereocenters. The molecule has 0 fully saturated rings. The number of carbonyl (C=O) groups is 3. The van der Waals surface area contributed by atoms with Crippen molar-refractivity contribution in [3.63, 3.8) is 0 Å². The maximum atomic E-state index is 12.3. The summed E-state index contributed by atoms with van der Waals surface area (Å²) in [6.07, 6.45) is 0.923. The molecule has 3 amide bonds. The van der Waals surface area contributed by atoms with Crippen molar-refractivity contribution in [2.24, 2.45) is 5.92 Å².